The van der Waals surface area contributed by atoms with Crippen LogP contribution in [0.15, 0.2) is 0 Å². The molecule has 0 aromatic rings. The van der Waals surface area contributed by atoms with Gasteiger partial charge in [0.05, 0.1) is 11.7 Å². The van der Waals surface area contributed by atoms with Crippen molar-refractivity contribution in [2.24, 2.45) is 0 Å². The predicted molar refractivity (Wildman–Crippen MR) is 78.4 cm³/mol. The molecule has 1 atom stereocenters. The summed E-state index contributed by atoms with van der Waals surface area (Å²) < 4.78 is 6.52. The van der Waals surface area contributed by atoms with Gasteiger partial charge < -0.3 is 10.1 Å². The van der Waals surface area contributed by atoms with E-state index in [2.05, 4.69) is 17.1 Å². The molecular formula is C16H30N2O. The Bertz CT molecular complexity index is 284. The summed E-state index contributed by atoms with van der Waals surface area (Å²) in [5, 5.41) is 3.40. The number of nitrogens with one attached hydrogen (secondary N) is 1. The Hall–Kier alpha value is -0.120. The van der Waals surface area contributed by atoms with E-state index in [0.717, 1.165) is 6.04 Å². The molecule has 1 N–H and O–H groups in total. The van der Waals surface area contributed by atoms with Gasteiger partial charge in [0.25, 0.3) is 0 Å². The van der Waals surface area contributed by atoms with Gasteiger partial charge in [-0.2, -0.15) is 0 Å². The van der Waals surface area contributed by atoms with E-state index < -0.39 is 0 Å². The van der Waals surface area contributed by atoms with E-state index in [0.29, 0.717) is 11.7 Å². The van der Waals surface area contributed by atoms with Crippen molar-refractivity contribution in [1.29, 1.82) is 0 Å². The normalized spacial score (nSPS) is 30.9. The van der Waals surface area contributed by atoms with Crippen molar-refractivity contribution in [3.05, 3.63) is 0 Å². The zero-order chi connectivity index (χ0) is 13.1. The van der Waals surface area contributed by atoms with E-state index in [-0.39, 0.29) is 0 Å². The molecule has 0 aromatic carbocycles. The van der Waals surface area contributed by atoms with Crippen LogP contribution in [0, 0.1) is 0 Å². The van der Waals surface area contributed by atoms with Crippen LogP contribution in [0.2, 0.25) is 0 Å². The van der Waals surface area contributed by atoms with E-state index in [4.69, 9.17) is 4.74 Å². The van der Waals surface area contributed by atoms with E-state index in [1.54, 1.807) is 0 Å². The van der Waals surface area contributed by atoms with Gasteiger partial charge in [-0.05, 0) is 38.6 Å². The van der Waals surface area contributed by atoms with Crippen LogP contribution >= 0.6 is 0 Å². The summed E-state index contributed by atoms with van der Waals surface area (Å²) in [6, 6.07) is 0.770. The van der Waals surface area contributed by atoms with E-state index in [1.165, 1.54) is 77.5 Å². The molecule has 3 fully saturated rings. The third kappa shape index (κ3) is 3.14. The molecule has 2 saturated heterocycles. The first kappa shape index (κ1) is 13.8. The van der Waals surface area contributed by atoms with Crippen molar-refractivity contribution in [2.45, 2.75) is 76.0 Å². The van der Waals surface area contributed by atoms with Gasteiger partial charge in [-0.15, -0.1) is 0 Å². The van der Waals surface area contributed by atoms with Crippen molar-refractivity contribution in [1.82, 2.24) is 10.2 Å². The molecule has 2 aliphatic heterocycles. The molecule has 3 aliphatic rings. The first-order chi connectivity index (χ1) is 9.31. The van der Waals surface area contributed by atoms with Crippen molar-refractivity contribution in [3.63, 3.8) is 0 Å². The zero-order valence-electron chi connectivity index (χ0n) is 12.5. The Morgan fingerprint density at radius 2 is 1.95 bits per heavy atom. The van der Waals surface area contributed by atoms with Gasteiger partial charge in [-0.25, -0.2) is 0 Å². The molecule has 3 nitrogen and oxygen atoms in total. The Kier molecular flexibility index (Phi) is 4.45. The summed E-state index contributed by atoms with van der Waals surface area (Å²) in [6.07, 6.45) is 11.2. The van der Waals surface area contributed by atoms with Gasteiger partial charge in [-0.1, -0.05) is 26.2 Å². The molecule has 0 amide bonds. The minimum atomic E-state index is 0.290. The Morgan fingerprint density at radius 1 is 1.16 bits per heavy atom. The second-order valence-electron chi connectivity index (χ2n) is 6.83. The first-order valence-corrected chi connectivity index (χ1v) is 8.44. The fourth-order valence-corrected chi connectivity index (χ4v) is 4.09. The molecule has 1 saturated carbocycles. The minimum Gasteiger partial charge on any atom is -0.370 e. The maximum absolute atomic E-state index is 6.52. The third-order valence-corrected chi connectivity index (χ3v) is 5.33. The maximum Gasteiger partial charge on any atom is 0.0710 e. The van der Waals surface area contributed by atoms with Crippen molar-refractivity contribution in [3.8, 4) is 0 Å². The van der Waals surface area contributed by atoms with Crippen LogP contribution in [-0.4, -0.2) is 48.8 Å². The number of hydrogen-bond acceptors (Lipinski definition) is 3. The van der Waals surface area contributed by atoms with Crippen molar-refractivity contribution < 1.29 is 4.74 Å². The summed E-state index contributed by atoms with van der Waals surface area (Å²) in [5.74, 6) is 0. The molecule has 0 radical (unpaired) electrons. The van der Waals surface area contributed by atoms with Crippen LogP contribution in [0.5, 0.6) is 0 Å². The SMILES string of the molecule is CCCN(CC1CCC2(CCCCC2)O1)C1CNC1. The number of hydrogen-bond donors (Lipinski definition) is 1. The zero-order valence-corrected chi connectivity index (χ0v) is 12.5. The molecule has 1 spiro atoms. The fourth-order valence-electron chi connectivity index (χ4n) is 4.09. The topological polar surface area (TPSA) is 24.5 Å². The predicted octanol–water partition coefficient (Wildman–Crippen LogP) is 2.55. The lowest BCUT2D eigenvalue weighted by Crippen LogP contribution is -2.58. The van der Waals surface area contributed by atoms with Gasteiger partial charge in [0, 0.05) is 25.7 Å². The molecule has 0 bridgehead atoms. The number of ether oxygens (including phenoxy) is 1. The van der Waals surface area contributed by atoms with Gasteiger partial charge in [0.1, 0.15) is 0 Å². The maximum atomic E-state index is 6.52. The van der Waals surface area contributed by atoms with Crippen LogP contribution in [0.4, 0.5) is 0 Å². The molecular weight excluding hydrogens is 236 g/mol. The number of rotatable bonds is 5. The van der Waals surface area contributed by atoms with Crippen LogP contribution < -0.4 is 5.32 Å². The second-order valence-corrected chi connectivity index (χ2v) is 6.83. The molecule has 1 aliphatic carbocycles. The molecule has 3 rings (SSSR count). The van der Waals surface area contributed by atoms with Crippen molar-refractivity contribution in [2.75, 3.05) is 26.2 Å². The largest absolute Gasteiger partial charge is 0.370 e. The first-order valence-electron chi connectivity index (χ1n) is 8.44. The lowest BCUT2D eigenvalue weighted by atomic mass is 9.83. The highest BCUT2D eigenvalue weighted by Gasteiger charge is 2.41. The molecule has 2 heterocycles. The van der Waals surface area contributed by atoms with E-state index >= 15 is 0 Å². The van der Waals surface area contributed by atoms with E-state index in [1.807, 2.05) is 0 Å². The summed E-state index contributed by atoms with van der Waals surface area (Å²) in [6.45, 7) is 7.05. The Balaban J connectivity index is 1.51. The molecule has 1 unspecified atom stereocenters. The van der Waals surface area contributed by atoms with Crippen molar-refractivity contribution >= 4 is 0 Å². The minimum absolute atomic E-state index is 0.290. The third-order valence-electron chi connectivity index (χ3n) is 5.33. The monoisotopic (exact) mass is 266 g/mol. The molecule has 0 aromatic heterocycles. The van der Waals surface area contributed by atoms with Gasteiger partial charge in [-0.3, -0.25) is 4.90 Å². The summed E-state index contributed by atoms with van der Waals surface area (Å²) >= 11 is 0. The standard InChI is InChI=1S/C16H30N2O/c1-2-10-18(14-11-17-12-14)13-15-6-9-16(19-15)7-4-3-5-8-16/h14-15,17H,2-13H2,1H3. The highest BCUT2D eigenvalue weighted by Crippen LogP contribution is 2.42. The lowest BCUT2D eigenvalue weighted by Gasteiger charge is -2.40. The van der Waals surface area contributed by atoms with Crippen LogP contribution in [0.3, 0.4) is 0 Å². The fraction of sp³-hybridized carbons (Fsp3) is 1.00. The average Bonchev–Trinajstić information content (AvgIpc) is 2.71. The molecule has 19 heavy (non-hydrogen) atoms. The highest BCUT2D eigenvalue weighted by molar-refractivity contribution is 4.93. The quantitative estimate of drug-likeness (QED) is 0.827. The van der Waals surface area contributed by atoms with E-state index in [9.17, 15) is 0 Å². The summed E-state index contributed by atoms with van der Waals surface area (Å²) in [4.78, 5) is 2.67. The van der Waals surface area contributed by atoms with Gasteiger partial charge >= 0.3 is 0 Å². The molecule has 3 heteroatoms. The Morgan fingerprint density at radius 3 is 2.58 bits per heavy atom. The van der Waals surface area contributed by atoms with Crippen LogP contribution in [-0.2, 0) is 4.74 Å². The number of nitrogens with zero attached hydrogens (tertiary/aromatic N) is 1. The smallest absolute Gasteiger partial charge is 0.0710 e. The van der Waals surface area contributed by atoms with Gasteiger partial charge in [0.2, 0.25) is 0 Å². The average molecular weight is 266 g/mol. The summed E-state index contributed by atoms with van der Waals surface area (Å²) in [7, 11) is 0. The summed E-state index contributed by atoms with van der Waals surface area (Å²) in [5.41, 5.74) is 0.290. The molecule has 110 valence electrons. The van der Waals surface area contributed by atoms with Gasteiger partial charge in [0.15, 0.2) is 0 Å². The highest BCUT2D eigenvalue weighted by atomic mass is 16.5. The van der Waals surface area contributed by atoms with Crippen LogP contribution in [0.25, 0.3) is 0 Å². The van der Waals surface area contributed by atoms with Crippen LogP contribution in [0.1, 0.15) is 58.3 Å². The Labute approximate surface area is 118 Å². The lowest BCUT2D eigenvalue weighted by molar-refractivity contribution is -0.0763. The second kappa shape index (κ2) is 6.11.